The van der Waals surface area contributed by atoms with Gasteiger partial charge in [0.15, 0.2) is 6.29 Å². The molecule has 15 heavy (non-hydrogen) atoms. The molecule has 0 radical (unpaired) electrons. The third-order valence-corrected chi connectivity index (χ3v) is 2.12. The van der Waals surface area contributed by atoms with Crippen LogP contribution in [0.15, 0.2) is 0 Å². The normalized spacial score (nSPS) is 39.0. The molecule has 90 valence electrons. The van der Waals surface area contributed by atoms with Crippen molar-refractivity contribution in [2.24, 2.45) is 0 Å². The molecule has 0 aromatic rings. The molecule has 1 aliphatic heterocycles. The van der Waals surface area contributed by atoms with Crippen molar-refractivity contribution in [1.29, 1.82) is 0 Å². The Bertz CT molecular complexity index is 188. The summed E-state index contributed by atoms with van der Waals surface area (Å²) in [4.78, 5) is 0. The van der Waals surface area contributed by atoms with Crippen molar-refractivity contribution in [2.45, 2.75) is 30.7 Å². The predicted molar refractivity (Wildman–Crippen MR) is 46.8 cm³/mol. The molecule has 0 amide bonds. The third kappa shape index (κ3) is 3.35. The molecular weight excluding hydrogens is 208 g/mol. The zero-order chi connectivity index (χ0) is 11.4. The Labute approximate surface area is 86.5 Å². The zero-order valence-corrected chi connectivity index (χ0v) is 8.06. The van der Waals surface area contributed by atoms with Crippen molar-refractivity contribution in [3.8, 4) is 0 Å². The average Bonchev–Trinajstić information content (AvgIpc) is 2.24. The standard InChI is InChI=1S/C8H16O7/c9-1-4(10)2-14-8-7(13)6(12)5(11)3-15-8/h4-13H,1-3H2. The van der Waals surface area contributed by atoms with Crippen LogP contribution in [0.1, 0.15) is 0 Å². The fourth-order valence-corrected chi connectivity index (χ4v) is 1.18. The Balaban J connectivity index is 2.36. The largest absolute Gasteiger partial charge is 0.394 e. The molecule has 0 spiro atoms. The van der Waals surface area contributed by atoms with Gasteiger partial charge in [-0.15, -0.1) is 0 Å². The van der Waals surface area contributed by atoms with Crippen molar-refractivity contribution in [1.82, 2.24) is 0 Å². The number of ether oxygens (including phenoxy) is 2. The average molecular weight is 224 g/mol. The van der Waals surface area contributed by atoms with Crippen LogP contribution in [0.3, 0.4) is 0 Å². The summed E-state index contributed by atoms with van der Waals surface area (Å²) < 4.78 is 9.81. The number of rotatable bonds is 4. The lowest BCUT2D eigenvalue weighted by atomic mass is 10.1. The molecule has 1 saturated heterocycles. The summed E-state index contributed by atoms with van der Waals surface area (Å²) in [7, 11) is 0. The highest BCUT2D eigenvalue weighted by Crippen LogP contribution is 2.16. The van der Waals surface area contributed by atoms with E-state index in [1.54, 1.807) is 0 Å². The lowest BCUT2D eigenvalue weighted by Crippen LogP contribution is -2.54. The number of aliphatic hydroxyl groups excluding tert-OH is 5. The highest BCUT2D eigenvalue weighted by atomic mass is 16.7. The highest BCUT2D eigenvalue weighted by Gasteiger charge is 2.38. The lowest BCUT2D eigenvalue weighted by molar-refractivity contribution is -0.275. The van der Waals surface area contributed by atoms with Gasteiger partial charge in [-0.25, -0.2) is 0 Å². The van der Waals surface area contributed by atoms with Crippen LogP contribution in [0.2, 0.25) is 0 Å². The zero-order valence-electron chi connectivity index (χ0n) is 8.06. The first-order chi connectivity index (χ1) is 7.06. The van der Waals surface area contributed by atoms with Crippen molar-refractivity contribution in [3.05, 3.63) is 0 Å². The Morgan fingerprint density at radius 2 is 1.93 bits per heavy atom. The Hall–Kier alpha value is -0.280. The molecule has 7 nitrogen and oxygen atoms in total. The second-order valence-electron chi connectivity index (χ2n) is 3.42. The summed E-state index contributed by atoms with van der Waals surface area (Å²) >= 11 is 0. The molecule has 0 aromatic carbocycles. The highest BCUT2D eigenvalue weighted by molar-refractivity contribution is 4.82. The maximum Gasteiger partial charge on any atom is 0.186 e. The second-order valence-corrected chi connectivity index (χ2v) is 3.42. The molecule has 5 N–H and O–H groups in total. The molecule has 1 aliphatic rings. The van der Waals surface area contributed by atoms with E-state index in [1.807, 2.05) is 0 Å². The Morgan fingerprint density at radius 3 is 2.53 bits per heavy atom. The molecule has 0 saturated carbocycles. The first kappa shape index (κ1) is 12.8. The molecular formula is C8H16O7. The molecule has 5 atom stereocenters. The van der Waals surface area contributed by atoms with Crippen LogP contribution in [0.5, 0.6) is 0 Å². The van der Waals surface area contributed by atoms with Crippen molar-refractivity contribution in [2.75, 3.05) is 19.8 Å². The molecule has 0 aromatic heterocycles. The first-order valence-electron chi connectivity index (χ1n) is 4.62. The molecule has 0 aliphatic carbocycles. The van der Waals surface area contributed by atoms with Crippen molar-refractivity contribution < 1.29 is 35.0 Å². The maximum atomic E-state index is 9.39. The topological polar surface area (TPSA) is 120 Å². The van der Waals surface area contributed by atoms with E-state index in [0.717, 1.165) is 0 Å². The minimum Gasteiger partial charge on any atom is -0.394 e. The number of aliphatic hydroxyl groups is 5. The van der Waals surface area contributed by atoms with Gasteiger partial charge in [-0.2, -0.15) is 0 Å². The fraction of sp³-hybridized carbons (Fsp3) is 1.00. The first-order valence-corrected chi connectivity index (χ1v) is 4.62. The van der Waals surface area contributed by atoms with E-state index >= 15 is 0 Å². The van der Waals surface area contributed by atoms with E-state index in [1.165, 1.54) is 0 Å². The fourth-order valence-electron chi connectivity index (χ4n) is 1.18. The van der Waals surface area contributed by atoms with E-state index in [-0.39, 0.29) is 13.2 Å². The van der Waals surface area contributed by atoms with Gasteiger partial charge in [0.1, 0.15) is 24.4 Å². The van der Waals surface area contributed by atoms with Crippen LogP contribution >= 0.6 is 0 Å². The summed E-state index contributed by atoms with van der Waals surface area (Å²) in [6, 6.07) is 0. The Morgan fingerprint density at radius 1 is 1.27 bits per heavy atom. The SMILES string of the molecule is OCC(O)COC1OCC(O)C(O)C1O. The van der Waals surface area contributed by atoms with Crippen molar-refractivity contribution in [3.63, 3.8) is 0 Å². The van der Waals surface area contributed by atoms with Crippen LogP contribution in [-0.2, 0) is 9.47 Å². The van der Waals surface area contributed by atoms with Crippen LogP contribution in [0.25, 0.3) is 0 Å². The number of hydrogen-bond acceptors (Lipinski definition) is 7. The van der Waals surface area contributed by atoms with Crippen LogP contribution in [0, 0.1) is 0 Å². The van der Waals surface area contributed by atoms with Gasteiger partial charge in [0.05, 0.1) is 19.8 Å². The van der Waals surface area contributed by atoms with Crippen molar-refractivity contribution >= 4 is 0 Å². The molecule has 5 unspecified atom stereocenters. The van der Waals surface area contributed by atoms with E-state index in [2.05, 4.69) is 0 Å². The maximum absolute atomic E-state index is 9.39. The molecule has 1 rings (SSSR count). The smallest absolute Gasteiger partial charge is 0.186 e. The van der Waals surface area contributed by atoms with E-state index in [0.29, 0.717) is 0 Å². The van der Waals surface area contributed by atoms with Gasteiger partial charge < -0.3 is 35.0 Å². The van der Waals surface area contributed by atoms with Gasteiger partial charge in [0, 0.05) is 0 Å². The quantitative estimate of drug-likeness (QED) is 0.341. The summed E-state index contributed by atoms with van der Waals surface area (Å²) in [5.41, 5.74) is 0. The third-order valence-electron chi connectivity index (χ3n) is 2.12. The van der Waals surface area contributed by atoms with Gasteiger partial charge in [0.2, 0.25) is 0 Å². The second kappa shape index (κ2) is 5.71. The van der Waals surface area contributed by atoms with Crippen LogP contribution < -0.4 is 0 Å². The number of hydrogen-bond donors (Lipinski definition) is 5. The lowest BCUT2D eigenvalue weighted by Gasteiger charge is -2.35. The molecule has 0 bridgehead atoms. The molecule has 1 fully saturated rings. The molecule has 7 heteroatoms. The van der Waals surface area contributed by atoms with E-state index in [9.17, 15) is 10.2 Å². The molecule has 1 heterocycles. The monoisotopic (exact) mass is 224 g/mol. The predicted octanol–water partition coefficient (Wildman–Crippen LogP) is -3.20. The van der Waals surface area contributed by atoms with Crippen LogP contribution in [0.4, 0.5) is 0 Å². The Kier molecular flexibility index (Phi) is 4.87. The van der Waals surface area contributed by atoms with Gasteiger partial charge in [-0.1, -0.05) is 0 Å². The minimum absolute atomic E-state index is 0.155. The minimum atomic E-state index is -1.38. The van der Waals surface area contributed by atoms with Gasteiger partial charge in [-0.05, 0) is 0 Å². The van der Waals surface area contributed by atoms with Gasteiger partial charge >= 0.3 is 0 Å². The van der Waals surface area contributed by atoms with E-state index < -0.39 is 37.3 Å². The summed E-state index contributed by atoms with van der Waals surface area (Å²) in [5.74, 6) is 0. The summed E-state index contributed by atoms with van der Waals surface area (Å²) in [6.45, 7) is -0.840. The van der Waals surface area contributed by atoms with Gasteiger partial charge in [0.25, 0.3) is 0 Å². The van der Waals surface area contributed by atoms with Gasteiger partial charge in [-0.3, -0.25) is 0 Å². The van der Waals surface area contributed by atoms with E-state index in [4.69, 9.17) is 24.8 Å². The summed E-state index contributed by atoms with van der Waals surface area (Å²) in [6.07, 6.45) is -6.04. The van der Waals surface area contributed by atoms with Crippen LogP contribution in [-0.4, -0.2) is 76.1 Å². The summed E-state index contributed by atoms with van der Waals surface area (Å²) in [5, 5.41) is 45.2.